The molecule has 1 aromatic heterocycles. The van der Waals surface area contributed by atoms with E-state index in [1.54, 1.807) is 0 Å². The molecule has 1 aromatic rings. The molecular formula is C51H80N5O8P. The molecule has 4 aliphatic carbocycles. The van der Waals surface area contributed by atoms with E-state index in [2.05, 4.69) is 94.0 Å². The number of rotatable bonds is 17. The normalized spacial score (nSPS) is 35.9. The van der Waals surface area contributed by atoms with Gasteiger partial charge in [-0.3, -0.25) is 14.3 Å². The van der Waals surface area contributed by atoms with E-state index in [0.717, 1.165) is 54.8 Å². The van der Waals surface area contributed by atoms with E-state index in [4.69, 9.17) is 29.8 Å². The smallest absolute Gasteiger partial charge is 0.408 e. The molecule has 2 saturated heterocycles. The van der Waals surface area contributed by atoms with Gasteiger partial charge in [-0.1, -0.05) is 72.6 Å². The molecule has 3 heterocycles. The van der Waals surface area contributed by atoms with Crippen LogP contribution in [0.4, 0.5) is 4.79 Å². The number of fused-ring (bicyclic) bond motifs is 7. The third-order valence-corrected chi connectivity index (χ3v) is 19.4. The Hall–Kier alpha value is -2.77. The number of carbonyl (C=O) groups is 1. The number of nitrogens with zero attached hydrogens (tertiary/aromatic N) is 3. The van der Waals surface area contributed by atoms with E-state index < -0.39 is 49.9 Å². The number of aromatic amines is 1. The van der Waals surface area contributed by atoms with Crippen molar-refractivity contribution in [3.63, 3.8) is 0 Å². The zero-order valence-corrected chi connectivity index (χ0v) is 42.1. The Morgan fingerprint density at radius 3 is 2.48 bits per heavy atom. The summed E-state index contributed by atoms with van der Waals surface area (Å²) in [5.74, 6) is 11.2. The van der Waals surface area contributed by atoms with Gasteiger partial charge in [0.1, 0.15) is 36.1 Å². The summed E-state index contributed by atoms with van der Waals surface area (Å²) in [5.41, 5.74) is -1.30. The van der Waals surface area contributed by atoms with Gasteiger partial charge in [0.05, 0.1) is 13.2 Å². The lowest BCUT2D eigenvalue weighted by Gasteiger charge is -2.61. The van der Waals surface area contributed by atoms with Gasteiger partial charge in [0.2, 0.25) is 6.54 Å². The van der Waals surface area contributed by atoms with Gasteiger partial charge >= 0.3 is 11.8 Å². The SMILES string of the molecule is [C-]#[N+]CCOP(O[C@H]1C2OC[C@@]1(CC)O[C@H]2n1cc(C#CCNC(=O)O[C@H]2CC[C@@]3(C)C(CC[C@H]4[C@@H]5CC[C@H](C(C)CCCC(C)C)[C@@]5(C)CC[C@@H]43)C2)c(=O)[nH]c1=O)N(C(C)C)C(C)C. The first-order valence-electron chi connectivity index (χ1n) is 25.3. The summed E-state index contributed by atoms with van der Waals surface area (Å²) in [7, 11) is -1.61. The molecular weight excluding hydrogens is 842 g/mol. The molecule has 14 atom stereocenters. The molecule has 2 bridgehead atoms. The predicted octanol–water partition coefficient (Wildman–Crippen LogP) is 9.85. The topological polar surface area (TPSA) is 138 Å². The molecule has 0 radical (unpaired) electrons. The summed E-state index contributed by atoms with van der Waals surface area (Å²) in [6.45, 7) is 30.7. The van der Waals surface area contributed by atoms with Crippen LogP contribution in [0.15, 0.2) is 15.8 Å². The molecule has 4 saturated carbocycles. The Bertz CT molecular complexity index is 2030. The Balaban J connectivity index is 0.935. The second-order valence-electron chi connectivity index (χ2n) is 22.1. The van der Waals surface area contributed by atoms with E-state index >= 15 is 0 Å². The number of amides is 1. The summed E-state index contributed by atoms with van der Waals surface area (Å²) in [5, 5.41) is 2.78. The Morgan fingerprint density at radius 2 is 1.77 bits per heavy atom. The van der Waals surface area contributed by atoms with Crippen molar-refractivity contribution in [3.8, 4) is 11.8 Å². The lowest BCUT2D eigenvalue weighted by molar-refractivity contribution is -0.175. The molecule has 1 amide bonds. The highest BCUT2D eigenvalue weighted by atomic mass is 31.2. The summed E-state index contributed by atoms with van der Waals surface area (Å²) >= 11 is 0. The molecule has 2 N–H and O–H groups in total. The van der Waals surface area contributed by atoms with Crippen LogP contribution in [0.3, 0.4) is 0 Å². The summed E-state index contributed by atoms with van der Waals surface area (Å²) in [4.78, 5) is 45.3. The van der Waals surface area contributed by atoms with Gasteiger partial charge in [-0.15, -0.1) is 0 Å². The number of H-pyrrole nitrogens is 1. The Labute approximate surface area is 390 Å². The summed E-state index contributed by atoms with van der Waals surface area (Å²) in [6.07, 6.45) is 14.2. The van der Waals surface area contributed by atoms with Gasteiger partial charge in [-0.2, -0.15) is 0 Å². The van der Waals surface area contributed by atoms with Crippen molar-refractivity contribution in [1.82, 2.24) is 19.5 Å². The van der Waals surface area contributed by atoms with Gasteiger partial charge in [-0.25, -0.2) is 20.8 Å². The minimum atomic E-state index is -1.61. The molecule has 0 spiro atoms. The van der Waals surface area contributed by atoms with Gasteiger partial charge in [0.15, 0.2) is 6.23 Å². The van der Waals surface area contributed by atoms with Crippen LogP contribution in [-0.4, -0.2) is 82.6 Å². The molecule has 65 heavy (non-hydrogen) atoms. The van der Waals surface area contributed by atoms with Gasteiger partial charge < -0.3 is 33.4 Å². The number of alkyl carbamates (subject to hydrolysis) is 1. The third kappa shape index (κ3) is 10.2. The maximum atomic E-state index is 13.3. The van der Waals surface area contributed by atoms with Crippen molar-refractivity contribution in [3.05, 3.63) is 44.0 Å². The number of hydrogen-bond acceptors (Lipinski definition) is 9. The molecule has 14 heteroatoms. The van der Waals surface area contributed by atoms with Crippen LogP contribution in [0.5, 0.6) is 0 Å². The van der Waals surface area contributed by atoms with Crippen LogP contribution in [-0.2, 0) is 23.3 Å². The monoisotopic (exact) mass is 922 g/mol. The fourth-order valence-corrected chi connectivity index (χ4v) is 15.9. The molecule has 2 aliphatic heterocycles. The van der Waals surface area contributed by atoms with Crippen LogP contribution in [0.2, 0.25) is 0 Å². The van der Waals surface area contributed by atoms with Crippen molar-refractivity contribution < 1.29 is 28.1 Å². The van der Waals surface area contributed by atoms with Crippen molar-refractivity contribution in [2.45, 2.75) is 195 Å². The summed E-state index contributed by atoms with van der Waals surface area (Å²) in [6, 6.07) is 0.200. The number of carbonyl (C=O) groups excluding carboxylic acids is 1. The third-order valence-electron chi connectivity index (χ3n) is 17.3. The highest BCUT2D eigenvalue weighted by Gasteiger charge is 2.64. The van der Waals surface area contributed by atoms with Gasteiger partial charge in [0, 0.05) is 18.3 Å². The van der Waals surface area contributed by atoms with Crippen LogP contribution < -0.4 is 16.6 Å². The maximum absolute atomic E-state index is 13.3. The van der Waals surface area contributed by atoms with Crippen LogP contribution in [0.1, 0.15) is 164 Å². The average molecular weight is 922 g/mol. The molecule has 362 valence electrons. The molecule has 4 unspecified atom stereocenters. The highest BCUT2D eigenvalue weighted by Crippen LogP contribution is 2.68. The van der Waals surface area contributed by atoms with Gasteiger partial charge in [-0.05, 0) is 144 Å². The Kier molecular flexibility index (Phi) is 16.1. The quantitative estimate of drug-likeness (QED) is 0.0677. The molecule has 13 nitrogen and oxygen atoms in total. The largest absolute Gasteiger partial charge is 0.446 e. The first kappa shape index (κ1) is 50.1. The number of aromatic nitrogens is 2. The van der Waals surface area contributed by atoms with Crippen LogP contribution in [0.25, 0.3) is 4.85 Å². The minimum Gasteiger partial charge on any atom is -0.446 e. The lowest BCUT2D eigenvalue weighted by Crippen LogP contribution is -2.54. The van der Waals surface area contributed by atoms with E-state index in [0.29, 0.717) is 23.2 Å². The summed E-state index contributed by atoms with van der Waals surface area (Å²) < 4.78 is 35.3. The van der Waals surface area contributed by atoms with Crippen LogP contribution in [0, 0.1) is 70.7 Å². The standard InChI is InChI=1S/C51H80N5O8P/c1-12-51-31-60-43(44(51)64-65(61-28-27-52-11)56(33(4)5)34(6)7)46(63-51)55-30-36(45(57)54-47(55)58)17-14-26-53-48(59)62-38-22-24-49(9)37(29-38)18-19-39-41-21-20-40(35(8)16-13-15-32(2)3)50(41,10)25-23-42(39)49/h30,32-35,37-44,46H,12-13,15-16,18-29,31H2,1-10H3,(H,53,59)(H,54,57,58)/t35?,37?,38-,39-,40+,41-,42-,43?,44-,46+,49-,50+,51+,65?/m0/s1. The van der Waals surface area contributed by atoms with E-state index in [1.165, 1.54) is 68.6 Å². The maximum Gasteiger partial charge on any atom is 0.408 e. The first-order valence-corrected chi connectivity index (χ1v) is 26.4. The van der Waals surface area contributed by atoms with Crippen LogP contribution >= 0.6 is 8.53 Å². The van der Waals surface area contributed by atoms with Gasteiger partial charge in [0.25, 0.3) is 14.1 Å². The Morgan fingerprint density at radius 1 is 1.03 bits per heavy atom. The minimum absolute atomic E-state index is 0.0215. The number of hydrogen-bond donors (Lipinski definition) is 2. The molecule has 7 rings (SSSR count). The van der Waals surface area contributed by atoms with E-state index in [1.807, 2.05) is 6.92 Å². The zero-order valence-electron chi connectivity index (χ0n) is 41.2. The molecule has 0 aromatic carbocycles. The molecule has 6 aliphatic rings. The second kappa shape index (κ2) is 20.8. The van der Waals surface area contributed by atoms with E-state index in [-0.39, 0.29) is 50.1 Å². The molecule has 6 fully saturated rings. The fraction of sp³-hybridized carbons (Fsp3) is 0.843. The fourth-order valence-electron chi connectivity index (χ4n) is 14.1. The van der Waals surface area contributed by atoms with Crippen molar-refractivity contribution in [1.29, 1.82) is 0 Å². The highest BCUT2D eigenvalue weighted by molar-refractivity contribution is 7.44. The number of nitrogens with one attached hydrogen (secondary N) is 2. The predicted molar refractivity (Wildman–Crippen MR) is 254 cm³/mol. The zero-order chi connectivity index (χ0) is 46.8. The van der Waals surface area contributed by atoms with E-state index in [9.17, 15) is 14.4 Å². The average Bonchev–Trinajstić information content (AvgIpc) is 3.89. The lowest BCUT2D eigenvalue weighted by atomic mass is 9.44. The first-order chi connectivity index (χ1) is 31.0. The number of ether oxygens (including phenoxy) is 3. The van der Waals surface area contributed by atoms with Crippen molar-refractivity contribution in [2.24, 2.45) is 52.3 Å². The second-order valence-corrected chi connectivity index (χ2v) is 23.5. The van der Waals surface area contributed by atoms with Crippen molar-refractivity contribution in [2.75, 3.05) is 26.3 Å². The van der Waals surface area contributed by atoms with Crippen molar-refractivity contribution >= 4 is 14.6 Å².